The zero-order valence-corrected chi connectivity index (χ0v) is 34.8. The summed E-state index contributed by atoms with van der Waals surface area (Å²) >= 11 is 0. The molecule has 8 atom stereocenters. The van der Waals surface area contributed by atoms with E-state index in [0.717, 1.165) is 49.4 Å². The quantitative estimate of drug-likeness (QED) is 0.219. The van der Waals surface area contributed by atoms with E-state index in [2.05, 4.69) is 175 Å². The Morgan fingerprint density at radius 1 is 0.707 bits per heavy atom. The van der Waals surface area contributed by atoms with Gasteiger partial charge in [0, 0.05) is 87.3 Å². The molecular weight excluding hydrogens is 713 g/mol. The van der Waals surface area contributed by atoms with Crippen molar-refractivity contribution in [2.75, 3.05) is 0 Å². The third-order valence-corrected chi connectivity index (χ3v) is 11.9. The number of hydrogen-bond donors (Lipinski definition) is 2. The Labute approximate surface area is 380 Å². The molecule has 0 unspecified atom stereocenters. The number of hydrogen-bond acceptors (Lipinski definition) is 4. The first-order valence-corrected chi connectivity index (χ1v) is 19.5. The Morgan fingerprint density at radius 3 is 1.59 bits per heavy atom. The SMILES string of the molecule is C#CC#CC#CC#CC#CC#CC#CC#CC#CC#CC#CC#CC#CC.C[C@H](CCC(C)(C)O)[C@H]1CC[C@H]2[C@@H]3CC=C4C[C@@](C)(O)CC[C@]4(C)[C@H]3CC[C@]12C.O=O.[HH].[HH].[HH].[HH].[HH].[HH].[HH].[HH].[HH].[HH].[HH].[HH].[HH].[HH].[HH].[HH].[HH].[HH].[HH].[HH].[HH]. The highest BCUT2D eigenvalue weighted by Gasteiger charge is 2.59. The average Bonchev–Trinajstić information content (AvgIpc) is 3.55. The van der Waals surface area contributed by atoms with Gasteiger partial charge >= 0.3 is 0 Å². The summed E-state index contributed by atoms with van der Waals surface area (Å²) in [5.74, 6) is 66.0. The lowest BCUT2D eigenvalue weighted by Gasteiger charge is -2.59. The lowest BCUT2D eigenvalue weighted by Crippen LogP contribution is -2.52. The Morgan fingerprint density at radius 2 is 1.16 bits per heavy atom. The Bertz CT molecular complexity index is 2440. The van der Waals surface area contributed by atoms with E-state index in [-0.39, 0.29) is 30.0 Å². The van der Waals surface area contributed by atoms with Crippen LogP contribution < -0.4 is 0 Å². The van der Waals surface area contributed by atoms with Crippen molar-refractivity contribution in [3.8, 4) is 154 Å². The minimum atomic E-state index is -0.536. The van der Waals surface area contributed by atoms with Crippen molar-refractivity contribution in [1.29, 1.82) is 0 Å². The zero-order valence-electron chi connectivity index (χ0n) is 34.8. The molecule has 3 fully saturated rings. The fourth-order valence-corrected chi connectivity index (χ4v) is 9.32. The second-order valence-electron chi connectivity index (χ2n) is 16.3. The van der Waals surface area contributed by atoms with E-state index in [9.17, 15) is 10.2 Å². The van der Waals surface area contributed by atoms with Crippen LogP contribution in [0.25, 0.3) is 0 Å². The van der Waals surface area contributed by atoms with Gasteiger partial charge in [-0.15, -0.1) is 6.42 Å². The summed E-state index contributed by atoms with van der Waals surface area (Å²) in [6.45, 7) is 15.3. The van der Waals surface area contributed by atoms with Gasteiger partial charge in [-0.25, -0.2) is 0 Å². The summed E-state index contributed by atoms with van der Waals surface area (Å²) in [6.07, 6.45) is 19.4. The van der Waals surface area contributed by atoms with E-state index in [1.165, 1.54) is 38.5 Å². The molecule has 4 aliphatic carbocycles. The lowest BCUT2D eigenvalue weighted by atomic mass is 9.46. The van der Waals surface area contributed by atoms with E-state index >= 15 is 0 Å². The van der Waals surface area contributed by atoms with Crippen LogP contribution in [0.4, 0.5) is 0 Å². The summed E-state index contributed by atoms with van der Waals surface area (Å²) < 4.78 is 0. The molecule has 2 N–H and O–H groups in total. The Kier molecular flexibility index (Phi) is 19.9. The van der Waals surface area contributed by atoms with Gasteiger partial charge in [0.1, 0.15) is 0 Å². The van der Waals surface area contributed by atoms with Gasteiger partial charge in [0.15, 0.2) is 0 Å². The molecule has 4 rings (SSSR count). The van der Waals surface area contributed by atoms with Crippen LogP contribution in [0, 0.1) is 205 Å². The highest BCUT2D eigenvalue weighted by molar-refractivity contribution is 5.48. The Hall–Kier alpha value is -6.46. The molecule has 0 saturated heterocycles. The van der Waals surface area contributed by atoms with Crippen LogP contribution in [0.3, 0.4) is 0 Å². The van der Waals surface area contributed by atoms with Crippen molar-refractivity contribution in [3.05, 3.63) is 21.6 Å². The summed E-state index contributed by atoms with van der Waals surface area (Å²) in [4.78, 5) is 14.0. The first-order chi connectivity index (χ1) is 27.8. The van der Waals surface area contributed by atoms with Crippen LogP contribution in [0.2, 0.25) is 0 Å². The van der Waals surface area contributed by atoms with Crippen LogP contribution in [-0.2, 0) is 0 Å². The third-order valence-electron chi connectivity index (χ3n) is 11.9. The fraction of sp³-hybridized carbons (Fsp3) is 0.481. The lowest BCUT2D eigenvalue weighted by molar-refractivity contribution is -0.0713. The van der Waals surface area contributed by atoms with Crippen LogP contribution in [0.1, 0.15) is 143 Å². The molecule has 0 aromatic heterocycles. The molecular formula is C54H92O4. The minimum Gasteiger partial charge on any atom is -0.390 e. The molecule has 0 amide bonds. The molecule has 4 aliphatic rings. The maximum absolute atomic E-state index is 10.7. The molecule has 0 bridgehead atoms. The highest BCUT2D eigenvalue weighted by Crippen LogP contribution is 2.67. The maximum atomic E-state index is 10.7. The van der Waals surface area contributed by atoms with Gasteiger partial charge in [0.2, 0.25) is 0 Å². The van der Waals surface area contributed by atoms with Crippen molar-refractivity contribution in [1.82, 2.24) is 0 Å². The van der Waals surface area contributed by atoms with Gasteiger partial charge < -0.3 is 10.2 Å². The standard InChI is InChI=1S/C27H46O2.C27H4.O2.21H2/c1-18(11-13-24(2,3)28)21-9-10-22-20-8-7-19-17-25(4,29)15-16-26(19,5)23(20)12-14-27(21,22)6;1-3-5-7-9-11-13-15-17-19-21-23-25-27-26-24-22-20-18-16-14-12-10-8-6-4-2;1-2;;;;;;;;;;;;;;;;;;;;;/h7,18,20-23,28-29H,8-17H2,1-6H3;1H,2H3;;21*1H/t18-,20+,21-,22+,23+,25+,26+,27-;;;;;;;;;;;;;;;;;;;;;;;/m1......................./s1. The van der Waals surface area contributed by atoms with Gasteiger partial charge in [-0.3, -0.25) is 0 Å². The molecule has 332 valence electrons. The van der Waals surface area contributed by atoms with Gasteiger partial charge in [-0.1, -0.05) is 38.3 Å². The first kappa shape index (κ1) is 47.7. The number of fused-ring (bicyclic) bond motifs is 5. The molecule has 3 saturated carbocycles. The van der Waals surface area contributed by atoms with Crippen LogP contribution >= 0.6 is 0 Å². The first-order valence-electron chi connectivity index (χ1n) is 19.5. The summed E-state index contributed by atoms with van der Waals surface area (Å²) in [7, 11) is 0. The van der Waals surface area contributed by atoms with Crippen molar-refractivity contribution < 1.29 is 40.2 Å². The van der Waals surface area contributed by atoms with Crippen molar-refractivity contribution >= 4 is 0 Å². The molecule has 0 aromatic rings. The largest absolute Gasteiger partial charge is 0.390 e. The summed E-state index contributed by atoms with van der Waals surface area (Å²) in [5, 5.41) is 20.9. The molecule has 0 aromatic carbocycles. The molecule has 0 heterocycles. The number of allylic oxidation sites excluding steroid dienone is 1. The normalized spacial score (nSPS) is 26.0. The van der Waals surface area contributed by atoms with E-state index in [0.29, 0.717) is 16.7 Å². The Balaban J connectivity index is -0.0000000378. The van der Waals surface area contributed by atoms with Gasteiger partial charge in [-0.05, 0) is 227 Å². The molecule has 58 heavy (non-hydrogen) atoms. The second-order valence-corrected chi connectivity index (χ2v) is 16.3. The van der Waals surface area contributed by atoms with E-state index in [4.69, 9.17) is 16.4 Å². The van der Waals surface area contributed by atoms with E-state index < -0.39 is 11.2 Å². The van der Waals surface area contributed by atoms with E-state index in [1.807, 2.05) is 20.8 Å². The summed E-state index contributed by atoms with van der Waals surface area (Å²) in [6, 6.07) is 0. The van der Waals surface area contributed by atoms with E-state index in [1.54, 1.807) is 12.5 Å². The smallest absolute Gasteiger partial charge is 0.0657 e. The maximum Gasteiger partial charge on any atom is 0.0657 e. The van der Waals surface area contributed by atoms with Gasteiger partial charge in [-0.2, -0.15) is 0 Å². The van der Waals surface area contributed by atoms with Crippen LogP contribution in [0.15, 0.2) is 11.6 Å². The van der Waals surface area contributed by atoms with Crippen molar-refractivity contribution in [3.63, 3.8) is 0 Å². The minimum absolute atomic E-state index is 0. The van der Waals surface area contributed by atoms with Crippen LogP contribution in [-0.4, -0.2) is 21.4 Å². The monoisotopic (exact) mass is 805 g/mol. The number of terminal acetylenes is 1. The number of rotatable bonds is 4. The third kappa shape index (κ3) is 15.2. The second kappa shape index (κ2) is 24.2. The molecule has 0 radical (unpaired) electrons. The average molecular weight is 805 g/mol. The van der Waals surface area contributed by atoms with Gasteiger partial charge in [0.05, 0.1) is 11.2 Å². The predicted molar refractivity (Wildman–Crippen MR) is 279 cm³/mol. The molecule has 0 spiro atoms. The molecule has 4 nitrogen and oxygen atoms in total. The number of aliphatic hydroxyl groups is 2. The fourth-order valence-electron chi connectivity index (χ4n) is 9.32. The summed E-state index contributed by atoms with van der Waals surface area (Å²) in [5.41, 5.74) is 1.37. The predicted octanol–water partition coefficient (Wildman–Crippen LogP) is 12.4. The molecule has 4 heteroatoms. The molecule has 0 aliphatic heterocycles. The highest BCUT2D eigenvalue weighted by atomic mass is 16.7. The van der Waals surface area contributed by atoms with Gasteiger partial charge in [0.25, 0.3) is 0 Å². The van der Waals surface area contributed by atoms with Crippen molar-refractivity contribution in [2.45, 2.75) is 124 Å². The van der Waals surface area contributed by atoms with Crippen molar-refractivity contribution in [2.24, 2.45) is 40.4 Å². The topological polar surface area (TPSA) is 74.6 Å². The zero-order chi connectivity index (χ0) is 42.9. The van der Waals surface area contributed by atoms with Crippen LogP contribution in [0.5, 0.6) is 0 Å².